The van der Waals surface area contributed by atoms with Crippen LogP contribution in [0.3, 0.4) is 0 Å². The van der Waals surface area contributed by atoms with Gasteiger partial charge in [-0.05, 0) is 38.1 Å². The van der Waals surface area contributed by atoms with Crippen LogP contribution in [0.4, 0.5) is 5.69 Å². The number of hydrogen-bond donors (Lipinski definition) is 1. The van der Waals surface area contributed by atoms with Crippen LogP contribution in [0.25, 0.3) is 0 Å². The number of nitriles is 1. The third-order valence-electron chi connectivity index (χ3n) is 3.92. The number of ketones is 1. The second-order valence-corrected chi connectivity index (χ2v) is 5.57. The SMILES string of the molecule is CC(=O)c1ccc(N2CC[NH+](C[C@@H](C)C#N)CC2)cc1. The highest BCUT2D eigenvalue weighted by Gasteiger charge is 2.21. The van der Waals surface area contributed by atoms with Crippen LogP contribution in [-0.2, 0) is 0 Å². The van der Waals surface area contributed by atoms with Crippen LogP contribution >= 0.6 is 0 Å². The number of piperazine rings is 1. The van der Waals surface area contributed by atoms with Gasteiger partial charge in [-0.25, -0.2) is 0 Å². The molecule has 4 nitrogen and oxygen atoms in total. The normalized spacial score (nSPS) is 17.6. The van der Waals surface area contributed by atoms with E-state index in [9.17, 15) is 4.79 Å². The third kappa shape index (κ3) is 3.58. The van der Waals surface area contributed by atoms with E-state index in [1.165, 1.54) is 10.6 Å². The maximum Gasteiger partial charge on any atom is 0.159 e. The summed E-state index contributed by atoms with van der Waals surface area (Å²) >= 11 is 0. The fraction of sp³-hybridized carbons (Fsp3) is 0.500. The maximum absolute atomic E-state index is 11.3. The van der Waals surface area contributed by atoms with Crippen molar-refractivity contribution in [2.24, 2.45) is 5.92 Å². The predicted octanol–water partition coefficient (Wildman–Crippen LogP) is 0.754. The molecule has 106 valence electrons. The Hall–Kier alpha value is -1.86. The predicted molar refractivity (Wildman–Crippen MR) is 79.0 cm³/mol. The number of nitrogens with one attached hydrogen (secondary N) is 1. The van der Waals surface area contributed by atoms with Gasteiger partial charge in [-0.15, -0.1) is 0 Å². The fourth-order valence-corrected chi connectivity index (χ4v) is 2.67. The zero-order chi connectivity index (χ0) is 14.5. The molecule has 0 bridgehead atoms. The van der Waals surface area contributed by atoms with Crippen molar-refractivity contribution < 1.29 is 9.69 Å². The van der Waals surface area contributed by atoms with Crippen molar-refractivity contribution in [3.8, 4) is 6.07 Å². The number of nitrogens with zero attached hydrogens (tertiary/aromatic N) is 2. The molecule has 0 aliphatic carbocycles. The van der Waals surface area contributed by atoms with Crippen molar-refractivity contribution in [2.75, 3.05) is 37.6 Å². The van der Waals surface area contributed by atoms with E-state index in [1.54, 1.807) is 6.92 Å². The number of rotatable bonds is 4. The fourth-order valence-electron chi connectivity index (χ4n) is 2.67. The van der Waals surface area contributed by atoms with Gasteiger partial charge in [0.15, 0.2) is 5.78 Å². The molecule has 1 N–H and O–H groups in total. The summed E-state index contributed by atoms with van der Waals surface area (Å²) in [5.41, 5.74) is 1.95. The maximum atomic E-state index is 11.3. The molecule has 1 fully saturated rings. The first-order valence-corrected chi connectivity index (χ1v) is 7.19. The van der Waals surface area contributed by atoms with Gasteiger partial charge < -0.3 is 9.80 Å². The zero-order valence-corrected chi connectivity index (χ0v) is 12.2. The summed E-state index contributed by atoms with van der Waals surface area (Å²) in [6, 6.07) is 10.2. The molecule has 1 aromatic carbocycles. The zero-order valence-electron chi connectivity index (χ0n) is 12.2. The van der Waals surface area contributed by atoms with E-state index >= 15 is 0 Å². The minimum Gasteiger partial charge on any atom is -0.360 e. The topological polar surface area (TPSA) is 48.5 Å². The quantitative estimate of drug-likeness (QED) is 0.823. The van der Waals surface area contributed by atoms with Crippen molar-refractivity contribution in [3.63, 3.8) is 0 Å². The smallest absolute Gasteiger partial charge is 0.159 e. The van der Waals surface area contributed by atoms with E-state index in [0.717, 1.165) is 38.3 Å². The molecule has 1 aliphatic rings. The van der Waals surface area contributed by atoms with Crippen LogP contribution in [0.2, 0.25) is 0 Å². The number of anilines is 1. The number of benzene rings is 1. The molecule has 1 aliphatic heterocycles. The molecule has 0 saturated carbocycles. The molecular weight excluding hydrogens is 250 g/mol. The Kier molecular flexibility index (Phi) is 4.75. The minimum absolute atomic E-state index is 0.108. The molecule has 0 amide bonds. The van der Waals surface area contributed by atoms with E-state index in [4.69, 9.17) is 5.26 Å². The minimum atomic E-state index is 0.108. The van der Waals surface area contributed by atoms with Crippen LogP contribution in [0.1, 0.15) is 24.2 Å². The Morgan fingerprint density at radius 2 is 1.95 bits per heavy atom. The van der Waals surface area contributed by atoms with Gasteiger partial charge in [0, 0.05) is 11.3 Å². The van der Waals surface area contributed by atoms with Gasteiger partial charge in [0.1, 0.15) is 0 Å². The average molecular weight is 272 g/mol. The average Bonchev–Trinajstić information content (AvgIpc) is 2.48. The Balaban J connectivity index is 1.90. The lowest BCUT2D eigenvalue weighted by Crippen LogP contribution is -3.15. The van der Waals surface area contributed by atoms with Crippen LogP contribution < -0.4 is 9.80 Å². The Labute approximate surface area is 120 Å². The molecule has 4 heteroatoms. The molecule has 20 heavy (non-hydrogen) atoms. The van der Waals surface area contributed by atoms with Gasteiger partial charge >= 0.3 is 0 Å². The van der Waals surface area contributed by atoms with E-state index in [1.807, 2.05) is 31.2 Å². The Morgan fingerprint density at radius 3 is 2.45 bits per heavy atom. The van der Waals surface area contributed by atoms with Crippen LogP contribution in [0.5, 0.6) is 0 Å². The van der Waals surface area contributed by atoms with Crippen molar-refractivity contribution in [3.05, 3.63) is 29.8 Å². The monoisotopic (exact) mass is 272 g/mol. The summed E-state index contributed by atoms with van der Waals surface area (Å²) in [5, 5.41) is 8.86. The number of carbonyl (C=O) groups excluding carboxylic acids is 1. The van der Waals surface area contributed by atoms with E-state index in [-0.39, 0.29) is 11.7 Å². The highest BCUT2D eigenvalue weighted by atomic mass is 16.1. The summed E-state index contributed by atoms with van der Waals surface area (Å²) in [6.07, 6.45) is 0. The highest BCUT2D eigenvalue weighted by Crippen LogP contribution is 2.15. The first-order chi connectivity index (χ1) is 9.60. The molecule has 1 saturated heterocycles. The molecule has 0 aromatic heterocycles. The second-order valence-electron chi connectivity index (χ2n) is 5.57. The van der Waals surface area contributed by atoms with Gasteiger partial charge in [-0.1, -0.05) is 0 Å². The Morgan fingerprint density at radius 1 is 1.35 bits per heavy atom. The number of Topliss-reactive ketones (excluding diaryl/α,β-unsaturated/α-hetero) is 1. The van der Waals surface area contributed by atoms with Crippen LogP contribution in [0, 0.1) is 17.2 Å². The van der Waals surface area contributed by atoms with Crippen molar-refractivity contribution in [1.82, 2.24) is 0 Å². The van der Waals surface area contributed by atoms with E-state index < -0.39 is 0 Å². The van der Waals surface area contributed by atoms with E-state index in [0.29, 0.717) is 0 Å². The second kappa shape index (κ2) is 6.53. The Bertz CT molecular complexity index is 495. The largest absolute Gasteiger partial charge is 0.360 e. The highest BCUT2D eigenvalue weighted by molar-refractivity contribution is 5.94. The molecule has 0 radical (unpaired) electrons. The van der Waals surface area contributed by atoms with Gasteiger partial charge in [0.25, 0.3) is 0 Å². The molecule has 0 unspecified atom stereocenters. The number of carbonyl (C=O) groups is 1. The molecular formula is C16H22N3O+. The van der Waals surface area contributed by atoms with Crippen molar-refractivity contribution in [2.45, 2.75) is 13.8 Å². The molecule has 1 atom stereocenters. The van der Waals surface area contributed by atoms with Gasteiger partial charge in [-0.2, -0.15) is 5.26 Å². The van der Waals surface area contributed by atoms with Crippen LogP contribution in [0.15, 0.2) is 24.3 Å². The molecule has 2 rings (SSSR count). The lowest BCUT2D eigenvalue weighted by atomic mass is 10.1. The van der Waals surface area contributed by atoms with Crippen LogP contribution in [-0.4, -0.2) is 38.5 Å². The number of hydrogen-bond acceptors (Lipinski definition) is 3. The van der Waals surface area contributed by atoms with Gasteiger partial charge in [-0.3, -0.25) is 4.79 Å². The number of quaternary nitrogens is 1. The summed E-state index contributed by atoms with van der Waals surface area (Å²) < 4.78 is 0. The summed E-state index contributed by atoms with van der Waals surface area (Å²) in [5.74, 6) is 0.239. The molecule has 1 aromatic rings. The molecule has 1 heterocycles. The van der Waals surface area contributed by atoms with Gasteiger partial charge in [0.2, 0.25) is 0 Å². The summed E-state index contributed by atoms with van der Waals surface area (Å²) in [4.78, 5) is 15.1. The first kappa shape index (κ1) is 14.5. The van der Waals surface area contributed by atoms with E-state index in [2.05, 4.69) is 11.0 Å². The standard InChI is InChI=1S/C16H21N3O/c1-13(11-17)12-18-7-9-19(10-8-18)16-5-3-15(4-6-16)14(2)20/h3-6,13H,7-10,12H2,1-2H3/p+1/t13-/m0/s1. The van der Waals surface area contributed by atoms with Crippen molar-refractivity contribution in [1.29, 1.82) is 5.26 Å². The lowest BCUT2D eigenvalue weighted by molar-refractivity contribution is -0.902. The third-order valence-corrected chi connectivity index (χ3v) is 3.92. The first-order valence-electron chi connectivity index (χ1n) is 7.19. The van der Waals surface area contributed by atoms with Gasteiger partial charge in [0.05, 0.1) is 44.7 Å². The summed E-state index contributed by atoms with van der Waals surface area (Å²) in [6.45, 7) is 8.67. The summed E-state index contributed by atoms with van der Waals surface area (Å²) in [7, 11) is 0. The van der Waals surface area contributed by atoms with Crippen molar-refractivity contribution >= 4 is 11.5 Å². The molecule has 0 spiro atoms. The lowest BCUT2D eigenvalue weighted by Gasteiger charge is -2.34.